The molecule has 1 atom stereocenters. The van der Waals surface area contributed by atoms with Crippen LogP contribution >= 0.6 is 0 Å². The van der Waals surface area contributed by atoms with Gasteiger partial charge in [0.25, 0.3) is 0 Å². The second-order valence-corrected chi connectivity index (χ2v) is 6.71. The zero-order valence-electron chi connectivity index (χ0n) is 14.5. The van der Waals surface area contributed by atoms with Crippen molar-refractivity contribution in [3.05, 3.63) is 65.6 Å². The summed E-state index contributed by atoms with van der Waals surface area (Å²) >= 11 is 0. The molecule has 130 valence electrons. The quantitative estimate of drug-likeness (QED) is 0.804. The Morgan fingerprint density at radius 2 is 2.08 bits per heavy atom. The molecule has 3 heterocycles. The van der Waals surface area contributed by atoms with E-state index in [1.807, 2.05) is 34.8 Å². The van der Waals surface area contributed by atoms with Crippen molar-refractivity contribution in [1.82, 2.24) is 19.9 Å². The number of aliphatic hydroxyl groups excluding tert-OH is 1. The maximum absolute atomic E-state index is 10.4. The van der Waals surface area contributed by atoms with Crippen molar-refractivity contribution in [1.29, 1.82) is 0 Å². The van der Waals surface area contributed by atoms with Gasteiger partial charge in [-0.05, 0) is 55.7 Å². The molecule has 1 aromatic heterocycles. The second kappa shape index (κ2) is 6.29. The van der Waals surface area contributed by atoms with Crippen LogP contribution in [0.3, 0.4) is 0 Å². The van der Waals surface area contributed by atoms with Gasteiger partial charge in [-0.25, -0.2) is 4.98 Å². The zero-order chi connectivity index (χ0) is 17.4. The minimum atomic E-state index is 0.368. The molecule has 2 aliphatic heterocycles. The number of anilines is 1. The molecule has 4 rings (SSSR count). The maximum atomic E-state index is 10.4. The first kappa shape index (κ1) is 15.8. The van der Waals surface area contributed by atoms with E-state index in [2.05, 4.69) is 34.8 Å². The number of hydrazine groups is 1. The Morgan fingerprint density at radius 3 is 2.80 bits per heavy atom. The summed E-state index contributed by atoms with van der Waals surface area (Å²) in [5.74, 6) is 1.33. The van der Waals surface area contributed by atoms with Crippen LogP contribution in [0.4, 0.5) is 5.69 Å². The smallest absolute Gasteiger partial charge is 0.136 e. The Hall–Kier alpha value is -2.73. The molecule has 6 heteroatoms. The van der Waals surface area contributed by atoms with E-state index in [0.29, 0.717) is 11.8 Å². The van der Waals surface area contributed by atoms with Crippen LogP contribution in [-0.4, -0.2) is 38.8 Å². The molecule has 25 heavy (non-hydrogen) atoms. The lowest BCUT2D eigenvalue weighted by atomic mass is 9.93. The summed E-state index contributed by atoms with van der Waals surface area (Å²) in [6, 6.07) is 8.58. The highest BCUT2D eigenvalue weighted by molar-refractivity contribution is 5.49. The van der Waals surface area contributed by atoms with E-state index in [1.165, 1.54) is 5.57 Å². The zero-order valence-corrected chi connectivity index (χ0v) is 14.5. The molecule has 2 aliphatic rings. The first-order valence-corrected chi connectivity index (χ1v) is 8.59. The van der Waals surface area contributed by atoms with E-state index < -0.39 is 0 Å². The number of nitrogens with one attached hydrogen (secondary N) is 2. The molecule has 0 spiro atoms. The Labute approximate surface area is 147 Å². The van der Waals surface area contributed by atoms with Gasteiger partial charge >= 0.3 is 0 Å². The van der Waals surface area contributed by atoms with E-state index in [-0.39, 0.29) is 0 Å². The lowest BCUT2D eigenvalue weighted by Crippen LogP contribution is -2.40. The van der Waals surface area contributed by atoms with Crippen LogP contribution in [-0.2, 0) is 0 Å². The SMILES string of the molecule is Cc1nccn1-c1ccc(NN2C=C(O)C3=C(CNC(C)C3)C2)cc1. The third-order valence-electron chi connectivity index (χ3n) is 4.79. The van der Waals surface area contributed by atoms with Crippen LogP contribution in [0.25, 0.3) is 5.69 Å². The first-order valence-electron chi connectivity index (χ1n) is 8.59. The third kappa shape index (κ3) is 3.13. The monoisotopic (exact) mass is 337 g/mol. The van der Waals surface area contributed by atoms with Gasteiger partial charge in [0.2, 0.25) is 0 Å². The van der Waals surface area contributed by atoms with E-state index in [1.54, 1.807) is 12.4 Å². The molecular weight excluding hydrogens is 314 g/mol. The molecule has 6 nitrogen and oxygen atoms in total. The highest BCUT2D eigenvalue weighted by atomic mass is 16.3. The fourth-order valence-corrected chi connectivity index (χ4v) is 3.43. The number of aryl methyl sites for hydroxylation is 1. The Kier molecular flexibility index (Phi) is 3.97. The van der Waals surface area contributed by atoms with Gasteiger partial charge in [-0.1, -0.05) is 0 Å². The molecule has 0 amide bonds. The minimum Gasteiger partial charge on any atom is -0.506 e. The number of benzene rings is 1. The average molecular weight is 337 g/mol. The fraction of sp³-hybridized carbons (Fsp3) is 0.316. The van der Waals surface area contributed by atoms with Crippen LogP contribution in [0, 0.1) is 6.92 Å². The predicted molar refractivity (Wildman–Crippen MR) is 98.4 cm³/mol. The van der Waals surface area contributed by atoms with Crippen molar-refractivity contribution in [2.24, 2.45) is 0 Å². The van der Waals surface area contributed by atoms with E-state index >= 15 is 0 Å². The average Bonchev–Trinajstić information content (AvgIpc) is 3.02. The lowest BCUT2D eigenvalue weighted by Gasteiger charge is -2.34. The summed E-state index contributed by atoms with van der Waals surface area (Å²) in [7, 11) is 0. The molecular formula is C19H23N5O. The normalized spacial score (nSPS) is 20.3. The summed E-state index contributed by atoms with van der Waals surface area (Å²) in [5.41, 5.74) is 7.75. The highest BCUT2D eigenvalue weighted by Gasteiger charge is 2.25. The van der Waals surface area contributed by atoms with Crippen molar-refractivity contribution in [2.75, 3.05) is 18.5 Å². The number of imidazole rings is 1. The van der Waals surface area contributed by atoms with Crippen LogP contribution in [0.1, 0.15) is 19.2 Å². The molecule has 0 saturated heterocycles. The molecule has 0 aliphatic carbocycles. The largest absolute Gasteiger partial charge is 0.506 e. The van der Waals surface area contributed by atoms with Crippen LogP contribution in [0.2, 0.25) is 0 Å². The standard InChI is InChI=1S/C19H23N5O/c1-13-9-18-15(10-21-13)11-23(12-19(18)25)22-16-3-5-17(6-4-16)24-8-7-20-14(24)2/h3-8,12-13,21-22,25H,9-11H2,1-2H3. The van der Waals surface area contributed by atoms with Gasteiger partial charge in [-0.3, -0.25) is 10.4 Å². The number of rotatable bonds is 3. The van der Waals surface area contributed by atoms with Crippen LogP contribution in [0.5, 0.6) is 0 Å². The number of aromatic nitrogens is 2. The summed E-state index contributed by atoms with van der Waals surface area (Å²) in [5, 5.41) is 15.7. The second-order valence-electron chi connectivity index (χ2n) is 6.71. The first-order chi connectivity index (χ1) is 12.1. The molecule has 2 aromatic rings. The van der Waals surface area contributed by atoms with Crippen molar-refractivity contribution < 1.29 is 5.11 Å². The van der Waals surface area contributed by atoms with E-state index in [4.69, 9.17) is 0 Å². The van der Waals surface area contributed by atoms with Gasteiger partial charge in [0, 0.05) is 30.7 Å². The summed E-state index contributed by atoms with van der Waals surface area (Å²) < 4.78 is 2.04. The summed E-state index contributed by atoms with van der Waals surface area (Å²) in [6.07, 6.45) is 6.41. The van der Waals surface area contributed by atoms with Gasteiger partial charge in [0.15, 0.2) is 0 Å². The number of nitrogens with zero attached hydrogens (tertiary/aromatic N) is 3. The maximum Gasteiger partial charge on any atom is 0.136 e. The number of aliphatic hydroxyl groups is 1. The van der Waals surface area contributed by atoms with E-state index in [9.17, 15) is 5.11 Å². The Balaban J connectivity index is 1.47. The van der Waals surface area contributed by atoms with Crippen LogP contribution < -0.4 is 10.7 Å². The lowest BCUT2D eigenvalue weighted by molar-refractivity contribution is 0.349. The molecule has 0 saturated carbocycles. The number of allylic oxidation sites excluding steroid dienone is 1. The van der Waals surface area contributed by atoms with Gasteiger partial charge in [0.1, 0.15) is 11.6 Å². The fourth-order valence-electron chi connectivity index (χ4n) is 3.43. The molecule has 1 unspecified atom stereocenters. The third-order valence-corrected chi connectivity index (χ3v) is 4.79. The molecule has 3 N–H and O–H groups in total. The van der Waals surface area contributed by atoms with Crippen LogP contribution in [0.15, 0.2) is 59.8 Å². The van der Waals surface area contributed by atoms with Crippen molar-refractivity contribution in [3.8, 4) is 5.69 Å². The van der Waals surface area contributed by atoms with Gasteiger partial charge in [0.05, 0.1) is 18.4 Å². The highest BCUT2D eigenvalue weighted by Crippen LogP contribution is 2.27. The van der Waals surface area contributed by atoms with Gasteiger partial charge in [-0.2, -0.15) is 0 Å². The van der Waals surface area contributed by atoms with Crippen molar-refractivity contribution >= 4 is 5.69 Å². The molecule has 0 radical (unpaired) electrons. The Bertz CT molecular complexity index is 834. The topological polar surface area (TPSA) is 65.4 Å². The predicted octanol–water partition coefficient (Wildman–Crippen LogP) is 2.90. The molecule has 0 bridgehead atoms. The number of hydrogen-bond donors (Lipinski definition) is 3. The van der Waals surface area contributed by atoms with Crippen molar-refractivity contribution in [2.45, 2.75) is 26.3 Å². The molecule has 0 fully saturated rings. The summed E-state index contributed by atoms with van der Waals surface area (Å²) in [4.78, 5) is 4.25. The van der Waals surface area contributed by atoms with Gasteiger partial charge < -0.3 is 15.0 Å². The van der Waals surface area contributed by atoms with Crippen molar-refractivity contribution in [3.63, 3.8) is 0 Å². The minimum absolute atomic E-state index is 0.368. The summed E-state index contributed by atoms with van der Waals surface area (Å²) in [6.45, 7) is 5.72. The molecule has 1 aromatic carbocycles. The van der Waals surface area contributed by atoms with E-state index in [0.717, 1.165) is 42.3 Å². The van der Waals surface area contributed by atoms with Gasteiger partial charge in [-0.15, -0.1) is 0 Å². The number of hydrogen-bond acceptors (Lipinski definition) is 5. The Morgan fingerprint density at radius 1 is 1.28 bits per heavy atom.